The van der Waals surface area contributed by atoms with Crippen molar-refractivity contribution in [2.45, 2.75) is 13.5 Å². The molecule has 0 atom stereocenters. The molecule has 0 aliphatic rings. The topological polar surface area (TPSA) is 55.2 Å². The molecule has 5 heteroatoms. The monoisotopic (exact) mass is 215 g/mol. The molecule has 0 saturated heterocycles. The molecule has 58 valence electrons. The van der Waals surface area contributed by atoms with E-state index in [-0.39, 0.29) is 6.54 Å². The van der Waals surface area contributed by atoms with Gasteiger partial charge in [-0.1, -0.05) is 5.18 Å². The summed E-state index contributed by atoms with van der Waals surface area (Å²) in [6.07, 6.45) is 0. The molecule has 0 fully saturated rings. The number of aromatic nitrogens is 2. The minimum Gasteiger partial charge on any atom is -0.236 e. The van der Waals surface area contributed by atoms with Gasteiger partial charge in [-0.15, -0.1) is 0 Å². The van der Waals surface area contributed by atoms with Gasteiger partial charge in [0.25, 0.3) is 0 Å². The number of hydrogen-bond donors (Lipinski definition) is 0. The van der Waals surface area contributed by atoms with E-state index < -0.39 is 0 Å². The summed E-state index contributed by atoms with van der Waals surface area (Å²) in [4.78, 5) is 17.8. The summed E-state index contributed by atoms with van der Waals surface area (Å²) in [6, 6.07) is 1.67. The maximum atomic E-state index is 9.87. The Balaban J connectivity index is 2.98. The molecule has 4 nitrogen and oxygen atoms in total. The number of rotatable bonds is 2. The van der Waals surface area contributed by atoms with Gasteiger partial charge in [0, 0.05) is 0 Å². The number of halogens is 1. The zero-order chi connectivity index (χ0) is 8.27. The molecule has 0 N–H and O–H groups in total. The van der Waals surface area contributed by atoms with Gasteiger partial charge in [0.2, 0.25) is 0 Å². The van der Waals surface area contributed by atoms with E-state index in [9.17, 15) is 4.91 Å². The standard InChI is InChI=1S/C6H6BrN3O/c1-4-9-5(3-8-11)2-6(7)10-4/h2H,3H2,1H3. The SMILES string of the molecule is Cc1nc(Br)cc(CN=O)n1. The number of hydrogen-bond acceptors (Lipinski definition) is 4. The van der Waals surface area contributed by atoms with Gasteiger partial charge >= 0.3 is 0 Å². The van der Waals surface area contributed by atoms with E-state index in [1.54, 1.807) is 13.0 Å². The van der Waals surface area contributed by atoms with Crippen molar-refractivity contribution in [2.75, 3.05) is 0 Å². The van der Waals surface area contributed by atoms with Crippen molar-refractivity contribution in [3.63, 3.8) is 0 Å². The highest BCUT2D eigenvalue weighted by molar-refractivity contribution is 9.10. The van der Waals surface area contributed by atoms with Crippen LogP contribution in [0, 0.1) is 11.8 Å². The Kier molecular flexibility index (Phi) is 2.64. The fourth-order valence-corrected chi connectivity index (χ4v) is 1.26. The molecule has 1 heterocycles. The molecular formula is C6H6BrN3O. The largest absolute Gasteiger partial charge is 0.236 e. The van der Waals surface area contributed by atoms with Crippen LogP contribution in [0.5, 0.6) is 0 Å². The molecule has 0 radical (unpaired) electrons. The first kappa shape index (κ1) is 8.26. The molecule has 0 unspecified atom stereocenters. The second-order valence-electron chi connectivity index (χ2n) is 2.02. The first-order valence-electron chi connectivity index (χ1n) is 3.01. The zero-order valence-corrected chi connectivity index (χ0v) is 7.50. The van der Waals surface area contributed by atoms with Crippen molar-refractivity contribution in [1.82, 2.24) is 9.97 Å². The lowest BCUT2D eigenvalue weighted by Gasteiger charge is -1.96. The Hall–Kier alpha value is -0.840. The van der Waals surface area contributed by atoms with Crippen LogP contribution in [0.4, 0.5) is 0 Å². The number of nitrogens with zero attached hydrogens (tertiary/aromatic N) is 3. The molecule has 11 heavy (non-hydrogen) atoms. The second-order valence-corrected chi connectivity index (χ2v) is 2.83. The van der Waals surface area contributed by atoms with Crippen molar-refractivity contribution in [3.05, 3.63) is 27.1 Å². The summed E-state index contributed by atoms with van der Waals surface area (Å²) in [5.74, 6) is 0.637. The van der Waals surface area contributed by atoms with Gasteiger partial charge in [-0.25, -0.2) is 9.97 Å². The molecular weight excluding hydrogens is 210 g/mol. The average molecular weight is 216 g/mol. The minimum absolute atomic E-state index is 0.0992. The summed E-state index contributed by atoms with van der Waals surface area (Å²) >= 11 is 3.19. The summed E-state index contributed by atoms with van der Waals surface area (Å²) in [7, 11) is 0. The second kappa shape index (κ2) is 3.52. The highest BCUT2D eigenvalue weighted by Gasteiger charge is 1.98. The summed E-state index contributed by atoms with van der Waals surface area (Å²) in [6.45, 7) is 1.86. The van der Waals surface area contributed by atoms with Gasteiger partial charge in [0.05, 0.1) is 5.69 Å². The molecule has 0 amide bonds. The van der Waals surface area contributed by atoms with Gasteiger partial charge in [-0.05, 0) is 28.9 Å². The lowest BCUT2D eigenvalue weighted by atomic mass is 10.4. The van der Waals surface area contributed by atoms with Crippen molar-refractivity contribution in [3.8, 4) is 0 Å². The molecule has 1 rings (SSSR count). The third-order valence-electron chi connectivity index (χ3n) is 1.09. The Bertz CT molecular complexity index is 256. The fraction of sp³-hybridized carbons (Fsp3) is 0.333. The van der Waals surface area contributed by atoms with Gasteiger partial charge < -0.3 is 0 Å². The number of nitroso groups, excluding NO2 is 1. The Morgan fingerprint density at radius 2 is 2.36 bits per heavy atom. The van der Waals surface area contributed by atoms with E-state index in [1.165, 1.54) is 0 Å². The van der Waals surface area contributed by atoms with Crippen LogP contribution < -0.4 is 0 Å². The Labute approximate surface area is 72.2 Å². The highest BCUT2D eigenvalue weighted by atomic mass is 79.9. The molecule has 0 aliphatic heterocycles. The lowest BCUT2D eigenvalue weighted by Crippen LogP contribution is -1.93. The van der Waals surface area contributed by atoms with Crippen LogP contribution >= 0.6 is 15.9 Å². The highest BCUT2D eigenvalue weighted by Crippen LogP contribution is 2.08. The molecule has 0 bridgehead atoms. The van der Waals surface area contributed by atoms with Crippen LogP contribution in [-0.2, 0) is 6.54 Å². The number of aryl methyl sites for hydroxylation is 1. The maximum absolute atomic E-state index is 9.87. The summed E-state index contributed by atoms with van der Waals surface area (Å²) < 4.78 is 0.684. The van der Waals surface area contributed by atoms with Crippen LogP contribution in [0.1, 0.15) is 11.5 Å². The van der Waals surface area contributed by atoms with Crippen LogP contribution in [0.2, 0.25) is 0 Å². The predicted octanol–water partition coefficient (Wildman–Crippen LogP) is 1.81. The third kappa shape index (κ3) is 2.34. The zero-order valence-electron chi connectivity index (χ0n) is 5.91. The molecule has 0 spiro atoms. The Morgan fingerprint density at radius 1 is 1.64 bits per heavy atom. The van der Waals surface area contributed by atoms with Crippen molar-refractivity contribution >= 4 is 15.9 Å². The smallest absolute Gasteiger partial charge is 0.126 e. The van der Waals surface area contributed by atoms with E-state index in [1.807, 2.05) is 0 Å². The van der Waals surface area contributed by atoms with Gasteiger partial charge in [0.1, 0.15) is 17.0 Å². The molecule has 0 aliphatic carbocycles. The quantitative estimate of drug-likeness (QED) is 0.559. The average Bonchev–Trinajstić information content (AvgIpc) is 1.85. The summed E-state index contributed by atoms with van der Waals surface area (Å²) in [5, 5.41) is 2.73. The van der Waals surface area contributed by atoms with E-state index in [0.717, 1.165) is 0 Å². The maximum Gasteiger partial charge on any atom is 0.126 e. The molecule has 1 aromatic rings. The predicted molar refractivity (Wildman–Crippen MR) is 44.0 cm³/mol. The van der Waals surface area contributed by atoms with Crippen LogP contribution in [0.15, 0.2) is 15.8 Å². The van der Waals surface area contributed by atoms with E-state index >= 15 is 0 Å². The summed E-state index contributed by atoms with van der Waals surface area (Å²) in [5.41, 5.74) is 0.638. The van der Waals surface area contributed by atoms with Crippen molar-refractivity contribution < 1.29 is 0 Å². The Morgan fingerprint density at radius 3 is 2.91 bits per heavy atom. The molecule has 0 saturated carbocycles. The van der Waals surface area contributed by atoms with Gasteiger partial charge in [-0.2, -0.15) is 4.91 Å². The van der Waals surface area contributed by atoms with E-state index in [0.29, 0.717) is 16.1 Å². The first-order valence-corrected chi connectivity index (χ1v) is 3.81. The fourth-order valence-electron chi connectivity index (χ4n) is 0.737. The van der Waals surface area contributed by atoms with Crippen molar-refractivity contribution in [1.29, 1.82) is 0 Å². The first-order chi connectivity index (χ1) is 5.22. The third-order valence-corrected chi connectivity index (χ3v) is 1.49. The molecule has 0 aromatic carbocycles. The van der Waals surface area contributed by atoms with Crippen LogP contribution in [-0.4, -0.2) is 9.97 Å². The van der Waals surface area contributed by atoms with E-state index in [4.69, 9.17) is 0 Å². The van der Waals surface area contributed by atoms with E-state index in [2.05, 4.69) is 31.1 Å². The van der Waals surface area contributed by atoms with Crippen LogP contribution in [0.3, 0.4) is 0 Å². The molecule has 1 aromatic heterocycles. The minimum atomic E-state index is 0.0992. The normalized spacial score (nSPS) is 9.64. The van der Waals surface area contributed by atoms with Gasteiger partial charge in [0.15, 0.2) is 0 Å². The van der Waals surface area contributed by atoms with Gasteiger partial charge in [-0.3, -0.25) is 0 Å². The van der Waals surface area contributed by atoms with Crippen molar-refractivity contribution in [2.24, 2.45) is 5.18 Å². The van der Waals surface area contributed by atoms with Crippen LogP contribution in [0.25, 0.3) is 0 Å². The lowest BCUT2D eigenvalue weighted by molar-refractivity contribution is 0.912.